The molecular formula is C27H28B2FN7O3. The van der Waals surface area contributed by atoms with Gasteiger partial charge in [0.25, 0.3) is 0 Å². The molecular weight excluding hydrogens is 511 g/mol. The van der Waals surface area contributed by atoms with Crippen LogP contribution in [-0.2, 0) is 17.2 Å². The highest BCUT2D eigenvalue weighted by atomic mass is 19.1. The van der Waals surface area contributed by atoms with Crippen LogP contribution >= 0.6 is 0 Å². The van der Waals surface area contributed by atoms with Crippen molar-refractivity contribution in [2.24, 2.45) is 7.05 Å². The molecule has 0 atom stereocenters. The Morgan fingerprint density at radius 2 is 1.80 bits per heavy atom. The molecule has 0 aliphatic carbocycles. The lowest BCUT2D eigenvalue weighted by Crippen LogP contribution is -2.36. The Morgan fingerprint density at radius 1 is 1.05 bits per heavy atom. The van der Waals surface area contributed by atoms with E-state index >= 15 is 0 Å². The molecule has 0 amide bonds. The summed E-state index contributed by atoms with van der Waals surface area (Å²) in [7, 11) is 5.69. The summed E-state index contributed by atoms with van der Waals surface area (Å²) in [5.41, 5.74) is 9.37. The van der Waals surface area contributed by atoms with Crippen LogP contribution in [0.2, 0.25) is 0 Å². The Hall–Kier alpha value is -4.38. The average Bonchev–Trinajstić information content (AvgIpc) is 3.54. The average molecular weight is 539 g/mol. The van der Waals surface area contributed by atoms with Crippen LogP contribution in [0.15, 0.2) is 61.3 Å². The number of benzene rings is 2. The molecule has 0 radical (unpaired) electrons. The van der Waals surface area contributed by atoms with Crippen LogP contribution < -0.4 is 15.2 Å². The molecule has 1 fully saturated rings. The van der Waals surface area contributed by atoms with Gasteiger partial charge in [0.05, 0.1) is 35.0 Å². The van der Waals surface area contributed by atoms with Crippen LogP contribution in [0.25, 0.3) is 22.3 Å². The van der Waals surface area contributed by atoms with Gasteiger partial charge in [-0.05, 0) is 37.1 Å². The summed E-state index contributed by atoms with van der Waals surface area (Å²) < 4.78 is 36.0. The van der Waals surface area contributed by atoms with Crippen molar-refractivity contribution in [3.63, 3.8) is 0 Å². The Balaban J connectivity index is 1.26. The molecule has 40 heavy (non-hydrogen) atoms. The van der Waals surface area contributed by atoms with Crippen molar-refractivity contribution >= 4 is 32.5 Å². The lowest BCUT2D eigenvalue weighted by atomic mass is 9.63. The van der Waals surface area contributed by atoms with Crippen LogP contribution in [0.5, 0.6) is 17.2 Å². The van der Waals surface area contributed by atoms with E-state index in [-0.39, 0.29) is 6.04 Å². The number of aryl methyl sites for hydroxylation is 1. The second-order valence-electron chi connectivity index (χ2n) is 10.3. The first-order chi connectivity index (χ1) is 19.3. The van der Waals surface area contributed by atoms with E-state index in [9.17, 15) is 4.39 Å². The van der Waals surface area contributed by atoms with E-state index in [0.717, 1.165) is 24.1 Å². The monoisotopic (exact) mass is 539 g/mol. The standard InChI is InChI=1S/C27H28B2FN7O3/c1-36-15-32-13-22(36)27(28,29)40-21-11-17(30)10-20(12-21)39-19-4-2-16(3-5-19)24-23-25(31)33-14-34-26(23)37(35-24)18-6-8-38-9-7-18/h2-5,10-15,18H,6-9,28-29H2,1H3,(H2,31,33,34). The van der Waals surface area contributed by atoms with Gasteiger partial charge in [-0.2, -0.15) is 5.10 Å². The fraction of sp³-hybridized carbons (Fsp3) is 0.259. The molecule has 1 aliphatic rings. The van der Waals surface area contributed by atoms with Crippen molar-refractivity contribution in [1.82, 2.24) is 29.3 Å². The molecule has 202 valence electrons. The zero-order valence-electron chi connectivity index (χ0n) is 22.5. The molecule has 2 aromatic carbocycles. The highest BCUT2D eigenvalue weighted by Crippen LogP contribution is 2.35. The summed E-state index contributed by atoms with van der Waals surface area (Å²) in [6.45, 7) is 1.36. The number of hydrogen-bond acceptors (Lipinski definition) is 8. The predicted octanol–water partition coefficient (Wildman–Crippen LogP) is 2.55. The Bertz CT molecular complexity index is 1670. The molecule has 1 aliphatic heterocycles. The maximum Gasteiger partial charge on any atom is 0.164 e. The number of fused-ring (bicyclic) bond motifs is 1. The van der Waals surface area contributed by atoms with Crippen molar-refractivity contribution < 1.29 is 18.6 Å². The number of hydrogen-bond donors (Lipinski definition) is 1. The van der Waals surface area contributed by atoms with Gasteiger partial charge in [0.1, 0.15) is 40.9 Å². The van der Waals surface area contributed by atoms with E-state index in [0.29, 0.717) is 53.0 Å². The maximum absolute atomic E-state index is 14.5. The van der Waals surface area contributed by atoms with E-state index in [1.165, 1.54) is 18.5 Å². The summed E-state index contributed by atoms with van der Waals surface area (Å²) in [6.07, 6.45) is 6.60. The number of nitrogens with zero attached hydrogens (tertiary/aromatic N) is 6. The van der Waals surface area contributed by atoms with Crippen LogP contribution in [0.4, 0.5) is 10.2 Å². The Labute approximate surface area is 232 Å². The summed E-state index contributed by atoms with van der Waals surface area (Å²) in [4.78, 5) is 12.8. The van der Waals surface area contributed by atoms with E-state index in [2.05, 4.69) is 15.0 Å². The molecule has 2 N–H and O–H groups in total. The predicted molar refractivity (Wildman–Crippen MR) is 153 cm³/mol. The highest BCUT2D eigenvalue weighted by molar-refractivity contribution is 6.38. The number of rotatable bonds is 7. The molecule has 0 unspecified atom stereocenters. The molecule has 1 saturated heterocycles. The van der Waals surface area contributed by atoms with Gasteiger partial charge >= 0.3 is 0 Å². The third kappa shape index (κ3) is 5.00. The molecule has 3 aromatic heterocycles. The minimum atomic E-state index is -0.736. The normalized spacial score (nSPS) is 14.4. The molecule has 4 heterocycles. The number of imidazole rings is 1. The largest absolute Gasteiger partial charge is 0.499 e. The lowest BCUT2D eigenvalue weighted by molar-refractivity contribution is 0.0674. The van der Waals surface area contributed by atoms with E-state index < -0.39 is 11.2 Å². The third-order valence-corrected chi connectivity index (χ3v) is 7.07. The van der Waals surface area contributed by atoms with Crippen molar-refractivity contribution in [2.45, 2.75) is 24.3 Å². The first-order valence-corrected chi connectivity index (χ1v) is 13.1. The minimum absolute atomic E-state index is 0.175. The lowest BCUT2D eigenvalue weighted by Gasteiger charge is -2.27. The minimum Gasteiger partial charge on any atom is -0.499 e. The number of nitrogen functional groups attached to an aromatic ring is 1. The van der Waals surface area contributed by atoms with Crippen molar-refractivity contribution in [2.75, 3.05) is 18.9 Å². The van der Waals surface area contributed by atoms with Crippen LogP contribution in [0, 0.1) is 5.82 Å². The number of halogens is 1. The zero-order chi connectivity index (χ0) is 27.9. The fourth-order valence-electron chi connectivity index (χ4n) is 5.14. The quantitative estimate of drug-likeness (QED) is 0.314. The fourth-order valence-corrected chi connectivity index (χ4v) is 5.14. The first-order valence-electron chi connectivity index (χ1n) is 13.1. The highest BCUT2D eigenvalue weighted by Gasteiger charge is 2.27. The Morgan fingerprint density at radius 3 is 2.52 bits per heavy atom. The number of ether oxygens (including phenoxy) is 3. The van der Waals surface area contributed by atoms with Crippen LogP contribution in [0.3, 0.4) is 0 Å². The van der Waals surface area contributed by atoms with Gasteiger partial charge in [-0.25, -0.2) is 24.0 Å². The molecule has 0 saturated carbocycles. The van der Waals surface area contributed by atoms with E-state index in [1.54, 1.807) is 30.7 Å². The van der Waals surface area contributed by atoms with E-state index in [1.807, 2.05) is 44.1 Å². The van der Waals surface area contributed by atoms with Gasteiger partial charge in [0.15, 0.2) is 21.3 Å². The van der Waals surface area contributed by atoms with Gasteiger partial charge in [-0.3, -0.25) is 0 Å². The van der Waals surface area contributed by atoms with Gasteiger partial charge in [0.2, 0.25) is 0 Å². The first kappa shape index (κ1) is 25.9. The van der Waals surface area contributed by atoms with Gasteiger partial charge in [0, 0.05) is 44.0 Å². The second kappa shape index (κ2) is 10.3. The summed E-state index contributed by atoms with van der Waals surface area (Å²) in [5.74, 6) is 1.10. The van der Waals surface area contributed by atoms with E-state index in [4.69, 9.17) is 25.0 Å². The van der Waals surface area contributed by atoms with Crippen molar-refractivity contribution in [1.29, 1.82) is 0 Å². The molecule has 13 heteroatoms. The van der Waals surface area contributed by atoms with Gasteiger partial charge in [-0.1, -0.05) is 0 Å². The zero-order valence-corrected chi connectivity index (χ0v) is 22.5. The number of aromatic nitrogens is 6. The molecule has 10 nitrogen and oxygen atoms in total. The topological polar surface area (TPSA) is 115 Å². The van der Waals surface area contributed by atoms with Crippen LogP contribution in [0.1, 0.15) is 24.6 Å². The van der Waals surface area contributed by atoms with Crippen molar-refractivity contribution in [3.05, 3.63) is 72.8 Å². The van der Waals surface area contributed by atoms with Crippen molar-refractivity contribution in [3.8, 4) is 28.5 Å². The summed E-state index contributed by atoms with van der Waals surface area (Å²) in [5, 5.41) is 4.89. The molecule has 6 rings (SSSR count). The maximum atomic E-state index is 14.5. The van der Waals surface area contributed by atoms with Gasteiger partial charge < -0.3 is 24.5 Å². The molecule has 0 spiro atoms. The SMILES string of the molecule is BC(B)(Oc1cc(F)cc(Oc2ccc(-c3nn(C4CCOCC4)c4ncnc(N)c34)cc2)c1)c1cncn1C. The molecule has 5 aromatic rings. The second-order valence-corrected chi connectivity index (χ2v) is 10.3. The smallest absolute Gasteiger partial charge is 0.164 e. The number of nitrogens with two attached hydrogens (primary N) is 1. The van der Waals surface area contributed by atoms with Gasteiger partial charge in [-0.15, -0.1) is 0 Å². The third-order valence-electron chi connectivity index (χ3n) is 7.07. The summed E-state index contributed by atoms with van der Waals surface area (Å²) in [6, 6.07) is 11.9. The van der Waals surface area contributed by atoms with Crippen LogP contribution in [-0.4, -0.2) is 58.2 Å². The summed E-state index contributed by atoms with van der Waals surface area (Å²) >= 11 is 0. The molecule has 0 bridgehead atoms. The number of anilines is 1. The Kier molecular flexibility index (Phi) is 6.67.